The van der Waals surface area contributed by atoms with E-state index in [4.69, 9.17) is 0 Å². The Morgan fingerprint density at radius 2 is 1.62 bits per heavy atom. The number of benzene rings is 1. The molecule has 0 unspecified atom stereocenters. The second-order valence-corrected chi connectivity index (χ2v) is 7.80. The smallest absolute Gasteiger partial charge is 0.185 e. The number of rotatable bonds is 2. The maximum atomic E-state index is 13.2. The van der Waals surface area contributed by atoms with E-state index in [0.717, 1.165) is 53.6 Å². The molecular formula is C19H21NO. The molecule has 4 aliphatic rings. The van der Waals surface area contributed by atoms with Gasteiger partial charge in [-0.2, -0.15) is 0 Å². The van der Waals surface area contributed by atoms with Gasteiger partial charge in [0.05, 0.1) is 5.69 Å². The number of hydrogen-bond acceptors (Lipinski definition) is 1. The van der Waals surface area contributed by atoms with Crippen LogP contribution in [0.2, 0.25) is 0 Å². The number of aromatic nitrogens is 1. The zero-order chi connectivity index (χ0) is 14.0. The summed E-state index contributed by atoms with van der Waals surface area (Å²) in [6, 6.07) is 10.3. The van der Waals surface area contributed by atoms with Crippen LogP contribution in [0.15, 0.2) is 30.3 Å². The number of aromatic amines is 1. The number of nitrogens with one attached hydrogen (secondary N) is 1. The Morgan fingerprint density at radius 1 is 1.00 bits per heavy atom. The highest BCUT2D eigenvalue weighted by Crippen LogP contribution is 2.60. The summed E-state index contributed by atoms with van der Waals surface area (Å²) in [7, 11) is 0. The number of para-hydroxylation sites is 1. The van der Waals surface area contributed by atoms with E-state index in [9.17, 15) is 4.79 Å². The van der Waals surface area contributed by atoms with Crippen LogP contribution < -0.4 is 0 Å². The first-order valence-electron chi connectivity index (χ1n) is 8.34. The third kappa shape index (κ3) is 1.68. The van der Waals surface area contributed by atoms with Crippen LogP contribution in [0.25, 0.3) is 10.9 Å². The minimum atomic E-state index is -0.0321. The number of fused-ring (bicyclic) bond motifs is 1. The van der Waals surface area contributed by atoms with Gasteiger partial charge in [-0.1, -0.05) is 18.2 Å². The summed E-state index contributed by atoms with van der Waals surface area (Å²) in [6.07, 6.45) is 7.60. The van der Waals surface area contributed by atoms with Crippen LogP contribution in [0.3, 0.4) is 0 Å². The van der Waals surface area contributed by atoms with Crippen molar-refractivity contribution >= 4 is 16.7 Å². The topological polar surface area (TPSA) is 32.9 Å². The molecule has 0 spiro atoms. The summed E-state index contributed by atoms with van der Waals surface area (Å²) < 4.78 is 0. The molecule has 108 valence electrons. The van der Waals surface area contributed by atoms with Crippen LogP contribution >= 0.6 is 0 Å². The average molecular weight is 279 g/mol. The molecule has 1 aromatic carbocycles. The molecule has 1 heterocycles. The molecule has 0 saturated heterocycles. The van der Waals surface area contributed by atoms with Crippen molar-refractivity contribution in [1.29, 1.82) is 0 Å². The van der Waals surface area contributed by atoms with Gasteiger partial charge < -0.3 is 4.98 Å². The Morgan fingerprint density at radius 3 is 2.24 bits per heavy atom. The summed E-state index contributed by atoms with van der Waals surface area (Å²) in [5, 5.41) is 1.16. The largest absolute Gasteiger partial charge is 0.352 e. The highest BCUT2D eigenvalue weighted by atomic mass is 16.1. The number of hydrogen-bond donors (Lipinski definition) is 1. The zero-order valence-corrected chi connectivity index (χ0v) is 12.3. The molecule has 4 fully saturated rings. The molecule has 4 aliphatic carbocycles. The Balaban J connectivity index is 1.56. The first kappa shape index (κ1) is 12.0. The van der Waals surface area contributed by atoms with E-state index in [1.54, 1.807) is 0 Å². The van der Waals surface area contributed by atoms with Gasteiger partial charge in [-0.05, 0) is 68.4 Å². The third-order valence-corrected chi connectivity index (χ3v) is 6.29. The third-order valence-electron chi connectivity index (χ3n) is 6.29. The van der Waals surface area contributed by atoms with Crippen molar-refractivity contribution in [2.45, 2.75) is 38.5 Å². The summed E-state index contributed by atoms with van der Waals surface area (Å²) in [6.45, 7) is 0. The summed E-state index contributed by atoms with van der Waals surface area (Å²) in [5.41, 5.74) is 1.90. The monoisotopic (exact) mass is 279 g/mol. The van der Waals surface area contributed by atoms with E-state index in [0.29, 0.717) is 5.78 Å². The first-order chi connectivity index (χ1) is 10.2. The standard InChI is InChI=1S/C19H21NO/c21-18(17-8-15-3-1-2-4-16(15)20-17)19-9-12-5-13(10-19)7-14(6-12)11-19/h1-4,8,12-14,20H,5-7,9-11H2. The minimum Gasteiger partial charge on any atom is -0.352 e. The van der Waals surface area contributed by atoms with Gasteiger partial charge in [0.15, 0.2) is 5.78 Å². The molecule has 2 heteroatoms. The Labute approximate surface area is 124 Å². The molecule has 0 atom stereocenters. The maximum absolute atomic E-state index is 13.2. The SMILES string of the molecule is O=C(c1cc2ccccc2[nH]1)C12CC3CC(CC(C3)C1)C2. The first-order valence-corrected chi connectivity index (χ1v) is 8.34. The fraction of sp³-hybridized carbons (Fsp3) is 0.526. The Hall–Kier alpha value is -1.57. The molecule has 1 aromatic heterocycles. The molecule has 2 nitrogen and oxygen atoms in total. The van der Waals surface area contributed by atoms with Gasteiger partial charge in [-0.3, -0.25) is 4.79 Å². The second kappa shape index (κ2) is 4.00. The van der Waals surface area contributed by atoms with Crippen molar-refractivity contribution in [2.75, 3.05) is 0 Å². The second-order valence-electron chi connectivity index (χ2n) is 7.80. The van der Waals surface area contributed by atoms with Gasteiger partial charge in [0.25, 0.3) is 0 Å². The fourth-order valence-corrected chi connectivity index (χ4v) is 5.87. The fourth-order valence-electron chi connectivity index (χ4n) is 5.87. The number of ketones is 1. The molecule has 0 aliphatic heterocycles. The van der Waals surface area contributed by atoms with E-state index in [-0.39, 0.29) is 5.41 Å². The summed E-state index contributed by atoms with van der Waals surface area (Å²) in [4.78, 5) is 16.6. The molecule has 2 aromatic rings. The number of carbonyl (C=O) groups excluding carboxylic acids is 1. The number of carbonyl (C=O) groups is 1. The molecule has 0 amide bonds. The average Bonchev–Trinajstić information content (AvgIpc) is 2.88. The lowest BCUT2D eigenvalue weighted by Crippen LogP contribution is -2.50. The van der Waals surface area contributed by atoms with Crippen LogP contribution in [0, 0.1) is 23.2 Å². The van der Waals surface area contributed by atoms with Crippen LogP contribution in [0.5, 0.6) is 0 Å². The lowest BCUT2D eigenvalue weighted by molar-refractivity contribution is -0.0355. The Kier molecular flexibility index (Phi) is 2.29. The number of H-pyrrole nitrogens is 1. The summed E-state index contributed by atoms with van der Waals surface area (Å²) >= 11 is 0. The van der Waals surface area contributed by atoms with Crippen molar-refractivity contribution < 1.29 is 4.79 Å². The van der Waals surface area contributed by atoms with E-state index in [1.165, 1.54) is 19.3 Å². The van der Waals surface area contributed by atoms with Crippen LogP contribution in [0.4, 0.5) is 0 Å². The maximum Gasteiger partial charge on any atom is 0.185 e. The number of Topliss-reactive ketones (excluding diaryl/α,β-unsaturated/α-hetero) is 1. The van der Waals surface area contributed by atoms with E-state index >= 15 is 0 Å². The highest BCUT2D eigenvalue weighted by molar-refractivity contribution is 6.03. The van der Waals surface area contributed by atoms with Crippen molar-refractivity contribution in [3.63, 3.8) is 0 Å². The molecule has 4 bridgehead atoms. The predicted molar refractivity (Wildman–Crippen MR) is 83.2 cm³/mol. The molecule has 0 radical (unpaired) electrons. The van der Waals surface area contributed by atoms with E-state index in [1.807, 2.05) is 12.1 Å². The molecular weight excluding hydrogens is 258 g/mol. The molecule has 6 rings (SSSR count). The van der Waals surface area contributed by atoms with Gasteiger partial charge in [0, 0.05) is 16.3 Å². The van der Waals surface area contributed by atoms with Gasteiger partial charge in [-0.15, -0.1) is 0 Å². The van der Waals surface area contributed by atoms with Gasteiger partial charge in [0.1, 0.15) is 0 Å². The van der Waals surface area contributed by atoms with Crippen LogP contribution in [-0.2, 0) is 0 Å². The Bertz CT molecular complexity index is 658. The zero-order valence-electron chi connectivity index (χ0n) is 12.3. The minimum absolute atomic E-state index is 0.0321. The summed E-state index contributed by atoms with van der Waals surface area (Å²) in [5.74, 6) is 2.87. The van der Waals surface area contributed by atoms with Crippen molar-refractivity contribution in [3.05, 3.63) is 36.0 Å². The lowest BCUT2D eigenvalue weighted by Gasteiger charge is -2.55. The normalized spacial score (nSPS) is 37.2. The van der Waals surface area contributed by atoms with Crippen LogP contribution in [-0.4, -0.2) is 10.8 Å². The quantitative estimate of drug-likeness (QED) is 0.803. The van der Waals surface area contributed by atoms with Gasteiger partial charge in [-0.25, -0.2) is 0 Å². The van der Waals surface area contributed by atoms with Gasteiger partial charge >= 0.3 is 0 Å². The van der Waals surface area contributed by atoms with E-state index in [2.05, 4.69) is 23.2 Å². The van der Waals surface area contributed by atoms with Crippen molar-refractivity contribution in [3.8, 4) is 0 Å². The van der Waals surface area contributed by atoms with Crippen LogP contribution in [0.1, 0.15) is 49.0 Å². The predicted octanol–water partition coefficient (Wildman–Crippen LogP) is 4.57. The molecule has 21 heavy (non-hydrogen) atoms. The molecule has 1 N–H and O–H groups in total. The van der Waals surface area contributed by atoms with Gasteiger partial charge in [0.2, 0.25) is 0 Å². The molecule has 4 saturated carbocycles. The van der Waals surface area contributed by atoms with E-state index < -0.39 is 0 Å². The van der Waals surface area contributed by atoms with Crippen molar-refractivity contribution in [1.82, 2.24) is 4.98 Å². The van der Waals surface area contributed by atoms with Crippen molar-refractivity contribution in [2.24, 2.45) is 23.2 Å². The lowest BCUT2D eigenvalue weighted by atomic mass is 9.48. The highest BCUT2D eigenvalue weighted by Gasteiger charge is 2.54.